The van der Waals surface area contributed by atoms with E-state index in [2.05, 4.69) is 25.7 Å². The number of carbonyl (C=O) groups excluding carboxylic acids is 1. The molecule has 0 fully saturated rings. The molecule has 0 spiro atoms. The molecule has 0 saturated carbocycles. The molecule has 1 atom stereocenters. The Bertz CT molecular complexity index is 958. The summed E-state index contributed by atoms with van der Waals surface area (Å²) in [5.41, 5.74) is 0.779. The molecule has 0 saturated heterocycles. The number of anilines is 1. The SMILES string of the molecule is CC[C@H](Sc1nncn1C)C(=O)Nc1nnc(-c2ccc(OC)cc2OC)s1. The van der Waals surface area contributed by atoms with Crippen LogP contribution in [0, 0.1) is 0 Å². The molecule has 0 aliphatic rings. The molecule has 2 aromatic heterocycles. The van der Waals surface area contributed by atoms with E-state index in [1.54, 1.807) is 31.2 Å². The van der Waals surface area contributed by atoms with E-state index in [0.717, 1.165) is 5.56 Å². The third-order valence-electron chi connectivity index (χ3n) is 3.87. The van der Waals surface area contributed by atoms with Gasteiger partial charge in [0.2, 0.25) is 11.0 Å². The summed E-state index contributed by atoms with van der Waals surface area (Å²) in [5, 5.41) is 20.4. The topological polar surface area (TPSA) is 104 Å². The van der Waals surface area contributed by atoms with Crippen molar-refractivity contribution < 1.29 is 14.3 Å². The summed E-state index contributed by atoms with van der Waals surface area (Å²) in [4.78, 5) is 12.6. The average Bonchev–Trinajstić information content (AvgIpc) is 3.34. The largest absolute Gasteiger partial charge is 0.497 e. The Hall–Kier alpha value is -2.66. The van der Waals surface area contributed by atoms with Gasteiger partial charge in [-0.05, 0) is 18.6 Å². The lowest BCUT2D eigenvalue weighted by molar-refractivity contribution is -0.115. The molecule has 3 aromatic rings. The van der Waals surface area contributed by atoms with Gasteiger partial charge in [0.1, 0.15) is 17.8 Å². The van der Waals surface area contributed by atoms with Gasteiger partial charge in [-0.2, -0.15) is 0 Å². The normalized spacial score (nSPS) is 11.9. The first-order valence-corrected chi connectivity index (χ1v) is 10.1. The van der Waals surface area contributed by atoms with Gasteiger partial charge in [-0.25, -0.2) is 0 Å². The summed E-state index contributed by atoms with van der Waals surface area (Å²) in [6, 6.07) is 5.45. The molecule has 9 nitrogen and oxygen atoms in total. The number of aryl methyl sites for hydroxylation is 1. The van der Waals surface area contributed by atoms with Gasteiger partial charge in [-0.15, -0.1) is 20.4 Å². The summed E-state index contributed by atoms with van der Waals surface area (Å²) < 4.78 is 12.4. The van der Waals surface area contributed by atoms with Gasteiger partial charge >= 0.3 is 0 Å². The molecule has 148 valence electrons. The number of benzene rings is 1. The van der Waals surface area contributed by atoms with E-state index in [4.69, 9.17) is 9.47 Å². The summed E-state index contributed by atoms with van der Waals surface area (Å²) in [6.45, 7) is 1.95. The van der Waals surface area contributed by atoms with Crippen molar-refractivity contribution in [3.63, 3.8) is 0 Å². The van der Waals surface area contributed by atoms with Gasteiger partial charge in [0.15, 0.2) is 10.2 Å². The minimum atomic E-state index is -0.314. The number of hydrogen-bond acceptors (Lipinski definition) is 9. The molecule has 1 aromatic carbocycles. The summed E-state index contributed by atoms with van der Waals surface area (Å²) in [6.07, 6.45) is 2.24. The number of rotatable bonds is 8. The first kappa shape index (κ1) is 20.1. The molecular formula is C17H20N6O3S2. The predicted molar refractivity (Wildman–Crippen MR) is 108 cm³/mol. The van der Waals surface area contributed by atoms with Crippen LogP contribution in [0.5, 0.6) is 11.5 Å². The third-order valence-corrected chi connectivity index (χ3v) is 6.16. The first-order valence-electron chi connectivity index (χ1n) is 8.43. The van der Waals surface area contributed by atoms with Crippen LogP contribution in [0.25, 0.3) is 10.6 Å². The fourth-order valence-corrected chi connectivity index (χ4v) is 4.04. The van der Waals surface area contributed by atoms with Crippen LogP contribution in [-0.2, 0) is 11.8 Å². The lowest BCUT2D eigenvalue weighted by Crippen LogP contribution is -2.24. The number of methoxy groups -OCH3 is 2. The van der Waals surface area contributed by atoms with Crippen molar-refractivity contribution in [1.29, 1.82) is 0 Å². The molecule has 2 heterocycles. The summed E-state index contributed by atoms with van der Waals surface area (Å²) >= 11 is 2.64. The Balaban J connectivity index is 1.73. The number of thioether (sulfide) groups is 1. The first-order chi connectivity index (χ1) is 13.5. The number of hydrogen-bond donors (Lipinski definition) is 1. The molecule has 0 unspecified atom stereocenters. The molecule has 1 amide bonds. The highest BCUT2D eigenvalue weighted by Gasteiger charge is 2.22. The quantitative estimate of drug-likeness (QED) is 0.555. The van der Waals surface area contributed by atoms with Crippen LogP contribution in [0.4, 0.5) is 5.13 Å². The van der Waals surface area contributed by atoms with Crippen LogP contribution < -0.4 is 14.8 Å². The maximum atomic E-state index is 12.6. The highest BCUT2D eigenvalue weighted by atomic mass is 32.2. The van der Waals surface area contributed by atoms with Gasteiger partial charge in [-0.3, -0.25) is 10.1 Å². The van der Waals surface area contributed by atoms with Crippen molar-refractivity contribution in [3.8, 4) is 22.1 Å². The highest BCUT2D eigenvalue weighted by molar-refractivity contribution is 8.00. The number of carbonyl (C=O) groups is 1. The van der Waals surface area contributed by atoms with Crippen molar-refractivity contribution in [1.82, 2.24) is 25.0 Å². The number of nitrogens with one attached hydrogen (secondary N) is 1. The maximum absolute atomic E-state index is 12.6. The second-order valence-corrected chi connectivity index (χ2v) is 7.85. The van der Waals surface area contributed by atoms with Crippen LogP contribution in [0.15, 0.2) is 29.7 Å². The van der Waals surface area contributed by atoms with Crippen LogP contribution in [0.2, 0.25) is 0 Å². The van der Waals surface area contributed by atoms with Crippen LogP contribution in [-0.4, -0.2) is 50.3 Å². The minimum absolute atomic E-state index is 0.153. The lowest BCUT2D eigenvalue weighted by atomic mass is 10.2. The van der Waals surface area contributed by atoms with Crippen molar-refractivity contribution in [2.45, 2.75) is 23.8 Å². The van der Waals surface area contributed by atoms with Crippen LogP contribution in [0.1, 0.15) is 13.3 Å². The molecule has 3 rings (SSSR count). The third kappa shape index (κ3) is 4.42. The molecule has 0 aliphatic carbocycles. The van der Waals surface area contributed by atoms with E-state index in [9.17, 15) is 4.79 Å². The smallest absolute Gasteiger partial charge is 0.239 e. The zero-order valence-corrected chi connectivity index (χ0v) is 17.5. The average molecular weight is 421 g/mol. The molecule has 28 heavy (non-hydrogen) atoms. The Morgan fingerprint density at radius 1 is 1.29 bits per heavy atom. The fourth-order valence-electron chi connectivity index (χ4n) is 2.37. The standard InChI is InChI=1S/C17H20N6O3S2/c1-5-13(27-17-22-18-9-23(17)2)14(24)19-16-21-20-15(28-16)11-7-6-10(25-3)8-12(11)26-4/h6-9,13H,5H2,1-4H3,(H,19,21,24)/t13-/m0/s1. The van der Waals surface area contributed by atoms with Crippen LogP contribution >= 0.6 is 23.1 Å². The Labute approximate surface area is 170 Å². The second-order valence-electron chi connectivity index (χ2n) is 5.71. The molecule has 11 heteroatoms. The number of aromatic nitrogens is 5. The minimum Gasteiger partial charge on any atom is -0.497 e. The van der Waals surface area contributed by atoms with Crippen molar-refractivity contribution >= 4 is 34.1 Å². The van der Waals surface area contributed by atoms with Crippen molar-refractivity contribution in [3.05, 3.63) is 24.5 Å². The van der Waals surface area contributed by atoms with E-state index in [0.29, 0.717) is 33.2 Å². The van der Waals surface area contributed by atoms with Crippen LogP contribution in [0.3, 0.4) is 0 Å². The summed E-state index contributed by atoms with van der Waals surface area (Å²) in [7, 11) is 5.01. The molecule has 0 aliphatic heterocycles. The van der Waals surface area contributed by atoms with Crippen molar-refractivity contribution in [2.75, 3.05) is 19.5 Å². The lowest BCUT2D eigenvalue weighted by Gasteiger charge is -2.12. The second kappa shape index (κ2) is 9.02. The highest BCUT2D eigenvalue weighted by Crippen LogP contribution is 2.36. The number of ether oxygens (including phenoxy) is 2. The van der Waals surface area contributed by atoms with E-state index in [1.165, 1.54) is 23.1 Å². The van der Waals surface area contributed by atoms with E-state index >= 15 is 0 Å². The Morgan fingerprint density at radius 3 is 2.75 bits per heavy atom. The molecule has 1 N–H and O–H groups in total. The zero-order valence-electron chi connectivity index (χ0n) is 15.9. The maximum Gasteiger partial charge on any atom is 0.239 e. The predicted octanol–water partition coefficient (Wildman–Crippen LogP) is 2.86. The number of amides is 1. The van der Waals surface area contributed by atoms with Gasteiger partial charge in [-0.1, -0.05) is 30.0 Å². The van der Waals surface area contributed by atoms with Gasteiger partial charge in [0.05, 0.1) is 25.0 Å². The van der Waals surface area contributed by atoms with E-state index < -0.39 is 0 Å². The summed E-state index contributed by atoms with van der Waals surface area (Å²) in [5.74, 6) is 1.16. The zero-order chi connectivity index (χ0) is 20.1. The molecular weight excluding hydrogens is 400 g/mol. The number of nitrogens with zero attached hydrogens (tertiary/aromatic N) is 5. The Kier molecular flexibility index (Phi) is 6.47. The molecule has 0 radical (unpaired) electrons. The Morgan fingerprint density at radius 2 is 2.11 bits per heavy atom. The fraction of sp³-hybridized carbons (Fsp3) is 0.353. The van der Waals surface area contributed by atoms with E-state index in [1.807, 2.05) is 26.1 Å². The van der Waals surface area contributed by atoms with Gasteiger partial charge < -0.3 is 14.0 Å². The van der Waals surface area contributed by atoms with Crippen molar-refractivity contribution in [2.24, 2.45) is 7.05 Å². The van der Waals surface area contributed by atoms with Gasteiger partial charge in [0.25, 0.3) is 0 Å². The van der Waals surface area contributed by atoms with E-state index in [-0.39, 0.29) is 11.2 Å². The monoisotopic (exact) mass is 420 g/mol. The van der Waals surface area contributed by atoms with Gasteiger partial charge in [0, 0.05) is 13.1 Å². The molecule has 0 bridgehead atoms.